The lowest BCUT2D eigenvalue weighted by atomic mass is 9.78. The highest BCUT2D eigenvalue weighted by atomic mass is 19.4. The lowest BCUT2D eigenvalue weighted by Crippen LogP contribution is -2.46. The molecule has 25 heavy (non-hydrogen) atoms. The van der Waals surface area contributed by atoms with Crippen LogP contribution in [-0.2, 0) is 23.9 Å². The van der Waals surface area contributed by atoms with Crippen LogP contribution in [-0.4, -0.2) is 22.3 Å². The summed E-state index contributed by atoms with van der Waals surface area (Å²) in [6.07, 6.45) is 2.22. The van der Waals surface area contributed by atoms with E-state index in [1.54, 1.807) is 4.90 Å². The molecule has 0 N–H and O–H groups in total. The van der Waals surface area contributed by atoms with Crippen molar-refractivity contribution in [1.82, 2.24) is 9.88 Å². The molecule has 1 aromatic rings. The van der Waals surface area contributed by atoms with Crippen molar-refractivity contribution in [2.24, 2.45) is 17.3 Å². The molecule has 3 nitrogen and oxygen atoms in total. The van der Waals surface area contributed by atoms with Gasteiger partial charge in [-0.05, 0) is 49.1 Å². The van der Waals surface area contributed by atoms with Gasteiger partial charge in [0.1, 0.15) is 0 Å². The van der Waals surface area contributed by atoms with Crippen molar-refractivity contribution in [3.8, 4) is 0 Å². The lowest BCUT2D eigenvalue weighted by Gasteiger charge is -2.37. The Morgan fingerprint density at radius 3 is 2.96 bits per heavy atom. The van der Waals surface area contributed by atoms with Crippen molar-refractivity contribution < 1.29 is 18.0 Å². The van der Waals surface area contributed by atoms with E-state index >= 15 is 0 Å². The van der Waals surface area contributed by atoms with E-state index in [2.05, 4.69) is 11.9 Å². The maximum Gasteiger partial charge on any atom is 0.417 e. The fraction of sp³-hybridized carbons (Fsp3) is 0.684. The van der Waals surface area contributed by atoms with Crippen LogP contribution in [0.5, 0.6) is 0 Å². The van der Waals surface area contributed by atoms with Crippen LogP contribution in [0.25, 0.3) is 0 Å². The van der Waals surface area contributed by atoms with Gasteiger partial charge in [-0.1, -0.05) is 13.3 Å². The van der Waals surface area contributed by atoms with Gasteiger partial charge >= 0.3 is 6.18 Å². The van der Waals surface area contributed by atoms with Gasteiger partial charge in [0.05, 0.1) is 11.0 Å². The van der Waals surface area contributed by atoms with Gasteiger partial charge in [-0.3, -0.25) is 9.78 Å². The van der Waals surface area contributed by atoms with Crippen LogP contribution in [0.1, 0.15) is 55.8 Å². The SMILES string of the molecule is C[C@@H]1CC2CCCC2(C(=O)N2CCc3ncc(C(F)(F)F)cc3C2)C1. The third-order valence-corrected chi connectivity index (χ3v) is 6.44. The minimum absolute atomic E-state index is 0.169. The van der Waals surface area contributed by atoms with Crippen molar-refractivity contribution in [2.75, 3.05) is 6.54 Å². The second-order valence-electron chi connectivity index (χ2n) is 8.09. The standard InChI is InChI=1S/C19H23F3N2O/c1-12-7-14-3-2-5-18(14,9-12)17(25)24-6-4-16-13(11-24)8-15(10-23-16)19(20,21)22/h8,10,12,14H,2-7,9,11H2,1H3/t12-,14?,18?/m1/s1. The number of rotatable bonds is 1. The third-order valence-electron chi connectivity index (χ3n) is 6.44. The van der Waals surface area contributed by atoms with Gasteiger partial charge in [0.2, 0.25) is 5.91 Å². The molecule has 0 saturated heterocycles. The Hall–Kier alpha value is -1.59. The molecule has 4 rings (SSSR count). The normalized spacial score (nSPS) is 31.8. The quantitative estimate of drug-likeness (QED) is 0.759. The molecule has 1 aromatic heterocycles. The molecule has 2 heterocycles. The van der Waals surface area contributed by atoms with Crippen molar-refractivity contribution >= 4 is 5.91 Å². The Kier molecular flexibility index (Phi) is 3.85. The average molecular weight is 352 g/mol. The largest absolute Gasteiger partial charge is 0.417 e. The fourth-order valence-electron chi connectivity index (χ4n) is 5.39. The highest BCUT2D eigenvalue weighted by Crippen LogP contribution is 2.57. The number of amides is 1. The molecule has 3 atom stereocenters. The Morgan fingerprint density at radius 1 is 1.40 bits per heavy atom. The Morgan fingerprint density at radius 2 is 2.20 bits per heavy atom. The zero-order chi connectivity index (χ0) is 17.8. The predicted octanol–water partition coefficient (Wildman–Crippen LogP) is 4.20. The van der Waals surface area contributed by atoms with Crippen LogP contribution >= 0.6 is 0 Å². The van der Waals surface area contributed by atoms with Gasteiger partial charge < -0.3 is 4.90 Å². The minimum Gasteiger partial charge on any atom is -0.337 e. The first-order valence-corrected chi connectivity index (χ1v) is 9.14. The number of halogens is 3. The molecule has 3 aliphatic rings. The van der Waals surface area contributed by atoms with E-state index in [1.807, 2.05) is 0 Å². The van der Waals surface area contributed by atoms with Gasteiger partial charge in [0, 0.05) is 31.4 Å². The maximum atomic E-state index is 13.3. The van der Waals surface area contributed by atoms with Crippen LogP contribution in [0.3, 0.4) is 0 Å². The molecule has 0 bridgehead atoms. The first-order chi connectivity index (χ1) is 11.8. The summed E-state index contributed by atoms with van der Waals surface area (Å²) in [7, 11) is 0. The van der Waals surface area contributed by atoms with E-state index in [4.69, 9.17) is 0 Å². The molecule has 0 spiro atoms. The van der Waals surface area contributed by atoms with Crippen molar-refractivity contribution in [1.29, 1.82) is 0 Å². The molecule has 2 fully saturated rings. The zero-order valence-electron chi connectivity index (χ0n) is 14.4. The second-order valence-corrected chi connectivity index (χ2v) is 8.09. The molecular formula is C19H23F3N2O. The maximum absolute atomic E-state index is 13.3. The van der Waals surface area contributed by atoms with Crippen LogP contribution in [0.15, 0.2) is 12.3 Å². The predicted molar refractivity (Wildman–Crippen MR) is 86.5 cm³/mol. The van der Waals surface area contributed by atoms with E-state index < -0.39 is 11.7 Å². The van der Waals surface area contributed by atoms with Gasteiger partial charge in [-0.25, -0.2) is 0 Å². The molecule has 2 unspecified atom stereocenters. The first kappa shape index (κ1) is 16.9. The number of aromatic nitrogens is 1. The van der Waals surface area contributed by atoms with Gasteiger partial charge in [0.15, 0.2) is 0 Å². The molecule has 0 aromatic carbocycles. The number of nitrogens with zero attached hydrogens (tertiary/aromatic N) is 2. The van der Waals surface area contributed by atoms with E-state index in [9.17, 15) is 18.0 Å². The monoisotopic (exact) mass is 352 g/mol. The summed E-state index contributed by atoms with van der Waals surface area (Å²) in [6, 6.07) is 1.17. The van der Waals surface area contributed by atoms with E-state index in [-0.39, 0.29) is 17.9 Å². The molecule has 1 amide bonds. The Labute approximate surface area is 145 Å². The topological polar surface area (TPSA) is 33.2 Å². The van der Waals surface area contributed by atoms with Crippen LogP contribution < -0.4 is 0 Å². The number of carbonyl (C=O) groups is 1. The zero-order valence-corrected chi connectivity index (χ0v) is 14.4. The highest BCUT2D eigenvalue weighted by Gasteiger charge is 2.55. The highest BCUT2D eigenvalue weighted by molar-refractivity contribution is 5.84. The van der Waals surface area contributed by atoms with Gasteiger partial charge in [-0.2, -0.15) is 13.2 Å². The molecule has 0 radical (unpaired) electrons. The van der Waals surface area contributed by atoms with E-state index in [1.165, 1.54) is 6.07 Å². The minimum atomic E-state index is -4.40. The number of pyridine rings is 1. The molecule has 6 heteroatoms. The van der Waals surface area contributed by atoms with E-state index in [0.29, 0.717) is 36.1 Å². The summed E-state index contributed by atoms with van der Waals surface area (Å²) in [5, 5.41) is 0. The summed E-state index contributed by atoms with van der Waals surface area (Å²) in [5.74, 6) is 1.18. The van der Waals surface area contributed by atoms with Crippen molar-refractivity contribution in [2.45, 2.75) is 58.2 Å². The summed E-state index contributed by atoms with van der Waals surface area (Å²) in [5.41, 5.74) is 0.252. The molecule has 2 aliphatic carbocycles. The third kappa shape index (κ3) is 2.74. The molecule has 136 valence electrons. The van der Waals surface area contributed by atoms with Crippen LogP contribution in [0.2, 0.25) is 0 Å². The molecular weight excluding hydrogens is 329 g/mol. The Bertz CT molecular complexity index is 702. The number of fused-ring (bicyclic) bond motifs is 2. The lowest BCUT2D eigenvalue weighted by molar-refractivity contribution is -0.144. The average Bonchev–Trinajstić information content (AvgIpc) is 3.09. The first-order valence-electron chi connectivity index (χ1n) is 9.14. The summed E-state index contributed by atoms with van der Waals surface area (Å²) < 4.78 is 38.9. The van der Waals surface area contributed by atoms with Gasteiger partial charge in [0.25, 0.3) is 0 Å². The summed E-state index contributed by atoms with van der Waals surface area (Å²) in [4.78, 5) is 19.1. The smallest absolute Gasteiger partial charge is 0.337 e. The molecule has 1 aliphatic heterocycles. The van der Waals surface area contributed by atoms with Crippen molar-refractivity contribution in [3.63, 3.8) is 0 Å². The summed E-state index contributed by atoms with van der Waals surface area (Å²) in [6.45, 7) is 3.03. The van der Waals surface area contributed by atoms with Crippen molar-refractivity contribution in [3.05, 3.63) is 29.1 Å². The second kappa shape index (κ2) is 5.71. The van der Waals surface area contributed by atoms with Gasteiger partial charge in [-0.15, -0.1) is 0 Å². The number of hydrogen-bond donors (Lipinski definition) is 0. The fourth-order valence-corrected chi connectivity index (χ4v) is 5.39. The van der Waals surface area contributed by atoms with E-state index in [0.717, 1.165) is 38.3 Å². The van der Waals surface area contributed by atoms with Crippen LogP contribution in [0.4, 0.5) is 13.2 Å². The molecule has 2 saturated carbocycles. The number of carbonyl (C=O) groups excluding carboxylic acids is 1. The summed E-state index contributed by atoms with van der Waals surface area (Å²) >= 11 is 0. The Balaban J connectivity index is 1.59. The number of hydrogen-bond acceptors (Lipinski definition) is 2. The van der Waals surface area contributed by atoms with Crippen LogP contribution in [0, 0.1) is 17.3 Å². The number of alkyl halides is 3.